The minimum absolute atomic E-state index is 0.0839. The van der Waals surface area contributed by atoms with Crippen molar-refractivity contribution in [2.24, 2.45) is 0 Å². The van der Waals surface area contributed by atoms with E-state index >= 15 is 0 Å². The number of amides is 2. The highest BCUT2D eigenvalue weighted by Crippen LogP contribution is 2.41. The summed E-state index contributed by atoms with van der Waals surface area (Å²) in [6.45, 7) is 0.205. The third-order valence-corrected chi connectivity index (χ3v) is 5.05. The fourth-order valence-electron chi connectivity index (χ4n) is 2.78. The SMILES string of the molecule is COc1cc2c(cc1/C=C1\SC(=O)N(Cc3ccc(F)cc3)C1=O)OCO2. The highest BCUT2D eigenvalue weighted by molar-refractivity contribution is 8.18. The van der Waals surface area contributed by atoms with Gasteiger partial charge in [0.25, 0.3) is 11.1 Å². The van der Waals surface area contributed by atoms with Crippen LogP contribution in [0.4, 0.5) is 9.18 Å². The Hall–Kier alpha value is -3.00. The highest BCUT2D eigenvalue weighted by atomic mass is 32.2. The van der Waals surface area contributed by atoms with E-state index in [4.69, 9.17) is 14.2 Å². The van der Waals surface area contributed by atoms with Gasteiger partial charge in [-0.15, -0.1) is 0 Å². The average molecular weight is 387 g/mol. The smallest absolute Gasteiger partial charge is 0.293 e. The van der Waals surface area contributed by atoms with Gasteiger partial charge in [0.05, 0.1) is 18.6 Å². The standard InChI is InChI=1S/C19H14FNO5S/c1-24-14-8-16-15(25-10-26-16)6-12(14)7-17-18(22)21(19(23)27-17)9-11-2-4-13(20)5-3-11/h2-8H,9-10H2,1H3/b17-7-. The Balaban J connectivity index is 1.61. The van der Waals surface area contributed by atoms with Gasteiger partial charge in [-0.2, -0.15) is 0 Å². The van der Waals surface area contributed by atoms with Crippen molar-refractivity contribution >= 4 is 29.0 Å². The monoisotopic (exact) mass is 387 g/mol. The van der Waals surface area contributed by atoms with Crippen molar-refractivity contribution in [1.82, 2.24) is 4.90 Å². The van der Waals surface area contributed by atoms with Gasteiger partial charge in [-0.05, 0) is 41.6 Å². The number of thioether (sulfide) groups is 1. The number of methoxy groups -OCH3 is 1. The fraction of sp³-hybridized carbons (Fsp3) is 0.158. The molecule has 0 unspecified atom stereocenters. The quantitative estimate of drug-likeness (QED) is 0.744. The van der Waals surface area contributed by atoms with Crippen LogP contribution in [0.15, 0.2) is 41.3 Å². The number of hydrogen-bond acceptors (Lipinski definition) is 6. The van der Waals surface area contributed by atoms with Gasteiger partial charge in [-0.1, -0.05) is 12.1 Å². The van der Waals surface area contributed by atoms with Gasteiger partial charge in [-0.3, -0.25) is 14.5 Å². The van der Waals surface area contributed by atoms with Gasteiger partial charge >= 0.3 is 0 Å². The van der Waals surface area contributed by atoms with Crippen LogP contribution in [0, 0.1) is 5.82 Å². The van der Waals surface area contributed by atoms with Crippen LogP contribution in [-0.4, -0.2) is 29.9 Å². The Labute approximate surface area is 158 Å². The number of halogens is 1. The number of carbonyl (C=O) groups is 2. The number of ether oxygens (including phenoxy) is 3. The Morgan fingerprint density at radius 2 is 1.89 bits per heavy atom. The molecule has 0 aromatic heterocycles. The molecule has 138 valence electrons. The van der Waals surface area contributed by atoms with Crippen LogP contribution < -0.4 is 14.2 Å². The first-order valence-electron chi connectivity index (χ1n) is 8.02. The first-order chi connectivity index (χ1) is 13.0. The topological polar surface area (TPSA) is 65.1 Å². The molecule has 0 atom stereocenters. The van der Waals surface area contributed by atoms with E-state index in [2.05, 4.69) is 0 Å². The molecule has 0 spiro atoms. The molecular weight excluding hydrogens is 373 g/mol. The summed E-state index contributed by atoms with van der Waals surface area (Å²) in [5.74, 6) is 0.835. The second-order valence-corrected chi connectivity index (χ2v) is 6.83. The molecule has 2 heterocycles. The number of fused-ring (bicyclic) bond motifs is 1. The molecule has 2 aromatic rings. The summed E-state index contributed by atoms with van der Waals surface area (Å²) >= 11 is 0.848. The Morgan fingerprint density at radius 1 is 1.19 bits per heavy atom. The summed E-state index contributed by atoms with van der Waals surface area (Å²) in [7, 11) is 1.51. The second-order valence-electron chi connectivity index (χ2n) is 5.84. The van der Waals surface area contributed by atoms with E-state index in [1.807, 2.05) is 0 Å². The Bertz CT molecular complexity index is 957. The maximum Gasteiger partial charge on any atom is 0.293 e. The molecule has 27 heavy (non-hydrogen) atoms. The van der Waals surface area contributed by atoms with Gasteiger partial charge in [-0.25, -0.2) is 4.39 Å². The van der Waals surface area contributed by atoms with Crippen molar-refractivity contribution in [3.8, 4) is 17.2 Å². The maximum absolute atomic E-state index is 13.0. The highest BCUT2D eigenvalue weighted by Gasteiger charge is 2.35. The number of benzene rings is 2. The van der Waals surface area contributed by atoms with Gasteiger partial charge in [0.15, 0.2) is 11.5 Å². The van der Waals surface area contributed by atoms with Crippen molar-refractivity contribution in [3.05, 3.63) is 58.2 Å². The minimum Gasteiger partial charge on any atom is -0.496 e. The Kier molecular flexibility index (Phi) is 4.49. The zero-order valence-corrected chi connectivity index (χ0v) is 15.0. The fourth-order valence-corrected chi connectivity index (χ4v) is 3.61. The summed E-state index contributed by atoms with van der Waals surface area (Å²) in [6.07, 6.45) is 1.59. The van der Waals surface area contributed by atoms with E-state index in [1.54, 1.807) is 30.3 Å². The lowest BCUT2D eigenvalue weighted by Crippen LogP contribution is -2.27. The van der Waals surface area contributed by atoms with E-state index in [0.29, 0.717) is 28.4 Å². The minimum atomic E-state index is -0.408. The van der Waals surface area contributed by atoms with E-state index < -0.39 is 5.91 Å². The molecule has 2 aliphatic rings. The van der Waals surface area contributed by atoms with Gasteiger partial charge in [0.1, 0.15) is 11.6 Å². The molecule has 0 aliphatic carbocycles. The van der Waals surface area contributed by atoms with E-state index in [9.17, 15) is 14.0 Å². The van der Waals surface area contributed by atoms with Crippen LogP contribution in [0.1, 0.15) is 11.1 Å². The maximum atomic E-state index is 13.0. The molecule has 1 fully saturated rings. The molecular formula is C19H14FNO5S. The molecule has 2 aromatic carbocycles. The number of hydrogen-bond donors (Lipinski definition) is 0. The lowest BCUT2D eigenvalue weighted by Gasteiger charge is -2.12. The second kappa shape index (κ2) is 6.96. The van der Waals surface area contributed by atoms with E-state index in [1.165, 1.54) is 19.2 Å². The molecule has 2 aliphatic heterocycles. The van der Waals surface area contributed by atoms with Crippen molar-refractivity contribution in [3.63, 3.8) is 0 Å². The van der Waals surface area contributed by atoms with Gasteiger partial charge in [0, 0.05) is 11.6 Å². The molecule has 0 N–H and O–H groups in total. The van der Waals surface area contributed by atoms with Crippen LogP contribution in [0.5, 0.6) is 17.2 Å². The molecule has 1 saturated heterocycles. The van der Waals surface area contributed by atoms with E-state index in [0.717, 1.165) is 16.7 Å². The summed E-state index contributed by atoms with van der Waals surface area (Å²) in [5.41, 5.74) is 1.27. The van der Waals surface area contributed by atoms with Gasteiger partial charge < -0.3 is 14.2 Å². The number of nitrogens with zero attached hydrogens (tertiary/aromatic N) is 1. The molecule has 0 saturated carbocycles. The predicted octanol–water partition coefficient (Wildman–Crippen LogP) is 3.80. The normalized spacial score (nSPS) is 17.1. The number of carbonyl (C=O) groups excluding carboxylic acids is 2. The number of imide groups is 1. The molecule has 8 heteroatoms. The number of rotatable bonds is 4. The lowest BCUT2D eigenvalue weighted by atomic mass is 10.1. The average Bonchev–Trinajstić information content (AvgIpc) is 3.22. The Morgan fingerprint density at radius 3 is 2.59 bits per heavy atom. The third-order valence-electron chi connectivity index (χ3n) is 4.14. The lowest BCUT2D eigenvalue weighted by molar-refractivity contribution is -0.123. The van der Waals surface area contributed by atoms with Crippen LogP contribution in [0.2, 0.25) is 0 Å². The van der Waals surface area contributed by atoms with Crippen molar-refractivity contribution < 1.29 is 28.2 Å². The predicted molar refractivity (Wildman–Crippen MR) is 97.0 cm³/mol. The molecule has 0 bridgehead atoms. The van der Waals surface area contributed by atoms with Crippen LogP contribution in [0.25, 0.3) is 6.08 Å². The zero-order valence-electron chi connectivity index (χ0n) is 14.2. The summed E-state index contributed by atoms with van der Waals surface area (Å²) in [4.78, 5) is 26.4. The third kappa shape index (κ3) is 3.35. The molecule has 4 rings (SSSR count). The van der Waals surface area contributed by atoms with Crippen molar-refractivity contribution in [2.45, 2.75) is 6.54 Å². The van der Waals surface area contributed by atoms with Crippen molar-refractivity contribution in [1.29, 1.82) is 0 Å². The first-order valence-corrected chi connectivity index (χ1v) is 8.84. The first kappa shape index (κ1) is 17.4. The molecule has 0 radical (unpaired) electrons. The van der Waals surface area contributed by atoms with Crippen LogP contribution in [-0.2, 0) is 11.3 Å². The summed E-state index contributed by atoms with van der Waals surface area (Å²) < 4.78 is 29.0. The van der Waals surface area contributed by atoms with Crippen LogP contribution >= 0.6 is 11.8 Å². The van der Waals surface area contributed by atoms with Gasteiger partial charge in [0.2, 0.25) is 6.79 Å². The molecule has 2 amide bonds. The zero-order chi connectivity index (χ0) is 19.0. The molecule has 6 nitrogen and oxygen atoms in total. The summed E-state index contributed by atoms with van der Waals surface area (Å²) in [6, 6.07) is 9.06. The van der Waals surface area contributed by atoms with Crippen LogP contribution in [0.3, 0.4) is 0 Å². The summed E-state index contributed by atoms with van der Waals surface area (Å²) in [5, 5.41) is -0.379. The van der Waals surface area contributed by atoms with E-state index in [-0.39, 0.29) is 29.3 Å². The van der Waals surface area contributed by atoms with Crippen molar-refractivity contribution in [2.75, 3.05) is 13.9 Å². The largest absolute Gasteiger partial charge is 0.496 e.